The largest absolute Gasteiger partial charge is 0.389 e. The molecule has 0 aromatic heterocycles. The molecule has 0 unspecified atom stereocenters. The molecule has 1 N–H and O–H groups in total. The van der Waals surface area contributed by atoms with Crippen LogP contribution < -0.4 is 0 Å². The second kappa shape index (κ2) is 7.58. The summed E-state index contributed by atoms with van der Waals surface area (Å²) < 4.78 is 0. The van der Waals surface area contributed by atoms with Gasteiger partial charge in [-0.1, -0.05) is 31.2 Å². The summed E-state index contributed by atoms with van der Waals surface area (Å²) in [4.78, 5) is 36.0. The van der Waals surface area contributed by atoms with Crippen molar-refractivity contribution in [3.63, 3.8) is 0 Å². The van der Waals surface area contributed by atoms with Gasteiger partial charge in [-0.2, -0.15) is 0 Å². The highest BCUT2D eigenvalue weighted by Crippen LogP contribution is 2.69. The molecule has 0 saturated heterocycles. The average Bonchev–Trinajstić information content (AvgIpc) is 2.93. The zero-order chi connectivity index (χ0) is 21.9. The molecule has 0 amide bonds. The van der Waals surface area contributed by atoms with Crippen LogP contribution in [0, 0.1) is 28.6 Å². The lowest BCUT2D eigenvalue weighted by Crippen LogP contribution is -2.57. The summed E-state index contributed by atoms with van der Waals surface area (Å²) in [5.41, 5.74) is 0.293. The van der Waals surface area contributed by atoms with Crippen LogP contribution in [0.2, 0.25) is 0 Å². The van der Waals surface area contributed by atoms with Crippen LogP contribution in [-0.2, 0) is 14.4 Å². The van der Waals surface area contributed by atoms with Crippen LogP contribution in [-0.4, -0.2) is 32.6 Å². The van der Waals surface area contributed by atoms with Gasteiger partial charge < -0.3 is 9.90 Å². The number of thioether (sulfide) groups is 1. The third-order valence-corrected chi connectivity index (χ3v) is 10.6. The van der Waals surface area contributed by atoms with Crippen molar-refractivity contribution in [1.29, 1.82) is 0 Å². The van der Waals surface area contributed by atoms with E-state index >= 15 is 0 Å². The highest BCUT2D eigenvalue weighted by atomic mass is 32.2. The highest BCUT2D eigenvalue weighted by molar-refractivity contribution is 8.14. The van der Waals surface area contributed by atoms with Gasteiger partial charge in [0, 0.05) is 25.0 Å². The Hall–Kier alpha value is -0.940. The Kier molecular flexibility index (Phi) is 5.63. The van der Waals surface area contributed by atoms with Gasteiger partial charge in [0.25, 0.3) is 0 Å². The molecule has 5 heteroatoms. The number of rotatable bonds is 4. The number of hydrogen-bond acceptors (Lipinski definition) is 5. The number of aliphatic hydroxyl groups is 1. The minimum Gasteiger partial charge on any atom is -0.389 e. The fraction of sp³-hybridized carbons (Fsp3) is 0.800. The molecule has 0 aromatic rings. The molecule has 3 saturated carbocycles. The second-order valence-corrected chi connectivity index (χ2v) is 12.3. The molecule has 4 aliphatic carbocycles. The Morgan fingerprint density at radius 3 is 2.50 bits per heavy atom. The number of allylic oxidation sites excluding steroid dienone is 1. The summed E-state index contributed by atoms with van der Waals surface area (Å²) in [6.07, 6.45) is 8.92. The van der Waals surface area contributed by atoms with Gasteiger partial charge in [-0.25, -0.2) is 0 Å². The molecular formula is C25H36O4S. The van der Waals surface area contributed by atoms with Crippen LogP contribution in [0.5, 0.6) is 0 Å². The first-order chi connectivity index (χ1) is 14.0. The average molecular weight is 433 g/mol. The Morgan fingerprint density at radius 2 is 1.83 bits per heavy atom. The zero-order valence-electron chi connectivity index (χ0n) is 18.8. The van der Waals surface area contributed by atoms with Crippen molar-refractivity contribution in [3.05, 3.63) is 11.6 Å². The van der Waals surface area contributed by atoms with E-state index < -0.39 is 5.60 Å². The maximum absolute atomic E-state index is 12.2. The number of carbonyl (C=O) groups excluding carboxylic acids is 3. The molecule has 7 atom stereocenters. The smallest absolute Gasteiger partial charge is 0.186 e. The predicted octanol–water partition coefficient (Wildman–Crippen LogP) is 4.88. The predicted molar refractivity (Wildman–Crippen MR) is 119 cm³/mol. The molecular weight excluding hydrogens is 396 g/mol. The maximum Gasteiger partial charge on any atom is 0.186 e. The Labute approximate surface area is 184 Å². The summed E-state index contributed by atoms with van der Waals surface area (Å²) in [6.45, 7) is 7.84. The van der Waals surface area contributed by atoms with Crippen LogP contribution in [0.25, 0.3) is 0 Å². The van der Waals surface area contributed by atoms with Crippen molar-refractivity contribution in [2.75, 3.05) is 0 Å². The van der Waals surface area contributed by atoms with Crippen LogP contribution in [0.15, 0.2) is 11.6 Å². The fourth-order valence-electron chi connectivity index (χ4n) is 7.74. The molecule has 30 heavy (non-hydrogen) atoms. The number of ketones is 2. The Balaban J connectivity index is 1.71. The van der Waals surface area contributed by atoms with E-state index in [1.54, 1.807) is 13.8 Å². The van der Waals surface area contributed by atoms with Crippen molar-refractivity contribution in [2.24, 2.45) is 28.6 Å². The molecule has 0 bridgehead atoms. The van der Waals surface area contributed by atoms with Gasteiger partial charge in [-0.3, -0.25) is 9.59 Å². The normalized spacial score (nSPS) is 45.2. The Bertz CT molecular complexity index is 803. The summed E-state index contributed by atoms with van der Waals surface area (Å²) in [6, 6.07) is 0. The van der Waals surface area contributed by atoms with E-state index in [1.165, 1.54) is 17.3 Å². The van der Waals surface area contributed by atoms with E-state index in [0.717, 1.165) is 38.5 Å². The maximum atomic E-state index is 12.2. The number of Topliss-reactive ketones (excluding diaryl/α,β-unsaturated/α-hetero) is 1. The topological polar surface area (TPSA) is 71.4 Å². The van der Waals surface area contributed by atoms with Gasteiger partial charge in [-0.05, 0) is 86.5 Å². The summed E-state index contributed by atoms with van der Waals surface area (Å²) in [7, 11) is 0. The molecule has 4 aliphatic rings. The van der Waals surface area contributed by atoms with Gasteiger partial charge in [0.15, 0.2) is 10.9 Å². The van der Waals surface area contributed by atoms with Gasteiger partial charge in [0.2, 0.25) is 0 Å². The summed E-state index contributed by atoms with van der Waals surface area (Å²) in [5, 5.41) is 12.0. The summed E-state index contributed by atoms with van der Waals surface area (Å²) >= 11 is 1.46. The van der Waals surface area contributed by atoms with Crippen LogP contribution in [0.3, 0.4) is 0 Å². The van der Waals surface area contributed by atoms with Crippen LogP contribution in [0.4, 0.5) is 0 Å². The molecule has 0 aliphatic heterocycles. The standard InChI is InChI=1S/C25H36O4S/c1-15(26)5-11-25(29)12-8-20-22-19(7-10-24(20,25)4)23(3)9-6-18(28)13-17(23)14-21(22)30-16(2)27/h13,19-22,29H,5-12,14H2,1-4H3/t19-,20-,21+,22+,23-,24-,25-/m0/s1. The van der Waals surface area contributed by atoms with Gasteiger partial charge >= 0.3 is 0 Å². The molecule has 0 radical (unpaired) electrons. The molecule has 3 fully saturated rings. The van der Waals surface area contributed by atoms with Crippen LogP contribution in [0.1, 0.15) is 85.5 Å². The van der Waals surface area contributed by atoms with Gasteiger partial charge in [0.05, 0.1) is 5.60 Å². The molecule has 4 nitrogen and oxygen atoms in total. The molecule has 0 heterocycles. The second-order valence-electron chi connectivity index (χ2n) is 10.9. The van der Waals surface area contributed by atoms with E-state index in [9.17, 15) is 19.5 Å². The van der Waals surface area contributed by atoms with E-state index in [4.69, 9.17) is 0 Å². The first-order valence-corrected chi connectivity index (χ1v) is 12.5. The summed E-state index contributed by atoms with van der Waals surface area (Å²) in [5.74, 6) is 1.56. The monoisotopic (exact) mass is 432 g/mol. The van der Waals surface area contributed by atoms with Crippen molar-refractivity contribution in [2.45, 2.75) is 96.3 Å². The highest BCUT2D eigenvalue weighted by Gasteiger charge is 2.65. The number of hydrogen-bond donors (Lipinski definition) is 1. The number of fused-ring (bicyclic) bond motifs is 5. The lowest BCUT2D eigenvalue weighted by molar-refractivity contribution is -0.136. The van der Waals surface area contributed by atoms with E-state index in [1.807, 2.05) is 6.08 Å². The first kappa shape index (κ1) is 22.3. The third kappa shape index (κ3) is 3.35. The van der Waals surface area contributed by atoms with Crippen molar-refractivity contribution in [3.8, 4) is 0 Å². The lowest BCUT2D eigenvalue weighted by Gasteiger charge is -2.61. The minimum absolute atomic E-state index is 0.0356. The molecule has 4 rings (SSSR count). The SMILES string of the molecule is CC(=O)CC[C@]1(O)CC[C@H]2[C@@H]3[C@H](SC(C)=O)CC4=CC(=O)CC[C@]4(C)[C@H]3CC[C@@]21C. The van der Waals surface area contributed by atoms with Crippen LogP contribution >= 0.6 is 11.8 Å². The Morgan fingerprint density at radius 1 is 1.13 bits per heavy atom. The van der Waals surface area contributed by atoms with E-state index in [2.05, 4.69) is 13.8 Å². The number of carbonyl (C=O) groups is 3. The molecule has 166 valence electrons. The van der Waals surface area contributed by atoms with Gasteiger partial charge in [0.1, 0.15) is 5.78 Å². The third-order valence-electron chi connectivity index (χ3n) is 9.49. The quantitative estimate of drug-likeness (QED) is 0.686. The van der Waals surface area contributed by atoms with Crippen molar-refractivity contribution >= 4 is 28.4 Å². The first-order valence-electron chi connectivity index (χ1n) is 11.6. The van der Waals surface area contributed by atoms with E-state index in [-0.39, 0.29) is 32.8 Å². The fourth-order valence-corrected chi connectivity index (χ4v) is 8.96. The van der Waals surface area contributed by atoms with Crippen molar-refractivity contribution < 1.29 is 19.5 Å². The lowest BCUT2D eigenvalue weighted by atomic mass is 9.46. The van der Waals surface area contributed by atoms with E-state index in [0.29, 0.717) is 37.0 Å². The zero-order valence-corrected chi connectivity index (χ0v) is 19.6. The molecule has 0 aromatic carbocycles. The van der Waals surface area contributed by atoms with Crippen molar-refractivity contribution in [1.82, 2.24) is 0 Å². The molecule has 0 spiro atoms. The minimum atomic E-state index is -0.792. The van der Waals surface area contributed by atoms with Gasteiger partial charge in [-0.15, -0.1) is 0 Å².